The summed E-state index contributed by atoms with van der Waals surface area (Å²) in [5, 5.41) is 11.6. The molecule has 0 saturated heterocycles. The number of amides is 2. The van der Waals surface area contributed by atoms with Crippen molar-refractivity contribution in [3.8, 4) is 5.75 Å². The summed E-state index contributed by atoms with van der Waals surface area (Å²) in [5.41, 5.74) is 0.552. The molecule has 1 aromatic rings. The van der Waals surface area contributed by atoms with Gasteiger partial charge in [0, 0.05) is 18.8 Å². The van der Waals surface area contributed by atoms with Crippen LogP contribution in [0, 0.1) is 0 Å². The molecule has 0 aromatic heterocycles. The summed E-state index contributed by atoms with van der Waals surface area (Å²) in [7, 11) is 2.99. The highest BCUT2D eigenvalue weighted by atomic mass is 16.5. The van der Waals surface area contributed by atoms with E-state index in [9.17, 15) is 9.59 Å². The molecule has 19 heavy (non-hydrogen) atoms. The summed E-state index contributed by atoms with van der Waals surface area (Å²) in [6, 6.07) is 5.55. The van der Waals surface area contributed by atoms with Crippen LogP contribution >= 0.6 is 0 Å². The smallest absolute Gasteiger partial charge is 0.326 e. The van der Waals surface area contributed by atoms with Crippen LogP contribution in [0.2, 0.25) is 0 Å². The average molecular weight is 266 g/mol. The van der Waals surface area contributed by atoms with Crippen molar-refractivity contribution in [2.24, 2.45) is 0 Å². The number of carboxylic acids is 1. The van der Waals surface area contributed by atoms with Gasteiger partial charge in [0.25, 0.3) is 0 Å². The van der Waals surface area contributed by atoms with Gasteiger partial charge in [0.15, 0.2) is 0 Å². The maximum Gasteiger partial charge on any atom is 0.326 e. The molecule has 104 valence electrons. The molecule has 2 N–H and O–H groups in total. The van der Waals surface area contributed by atoms with Crippen LogP contribution in [0.4, 0.5) is 10.5 Å². The first-order valence-electron chi connectivity index (χ1n) is 5.90. The Hall–Kier alpha value is -2.24. The van der Waals surface area contributed by atoms with Crippen molar-refractivity contribution in [3.05, 3.63) is 24.3 Å². The zero-order chi connectivity index (χ0) is 14.4. The lowest BCUT2D eigenvalue weighted by molar-refractivity contribution is -0.141. The molecule has 6 heteroatoms. The third-order valence-corrected chi connectivity index (χ3v) is 2.78. The van der Waals surface area contributed by atoms with Gasteiger partial charge in [0.1, 0.15) is 11.8 Å². The number of methoxy groups -OCH3 is 1. The Labute approximate surface area is 112 Å². The minimum Gasteiger partial charge on any atom is -0.497 e. The number of likely N-dealkylation sites (N-methyl/N-ethyl adjacent to an activating group) is 1. The highest BCUT2D eigenvalue weighted by molar-refractivity contribution is 5.92. The number of rotatable bonds is 5. The number of carbonyl (C=O) groups is 2. The number of benzene rings is 1. The van der Waals surface area contributed by atoms with Crippen LogP contribution in [0.5, 0.6) is 5.75 Å². The van der Waals surface area contributed by atoms with E-state index in [1.165, 1.54) is 19.1 Å². The van der Waals surface area contributed by atoms with Crippen LogP contribution in [-0.2, 0) is 4.79 Å². The summed E-state index contributed by atoms with van der Waals surface area (Å²) < 4.78 is 5.04. The van der Waals surface area contributed by atoms with Gasteiger partial charge in [-0.25, -0.2) is 9.59 Å². The molecular formula is C13H18N2O4. The summed E-state index contributed by atoms with van der Waals surface area (Å²) in [4.78, 5) is 24.1. The maximum absolute atomic E-state index is 11.9. The molecule has 0 saturated carbocycles. The molecule has 1 atom stereocenters. The van der Waals surface area contributed by atoms with Crippen molar-refractivity contribution >= 4 is 17.7 Å². The molecule has 1 aromatic carbocycles. The van der Waals surface area contributed by atoms with Crippen LogP contribution in [0.25, 0.3) is 0 Å². The van der Waals surface area contributed by atoms with E-state index in [1.54, 1.807) is 31.2 Å². The van der Waals surface area contributed by atoms with Crippen LogP contribution in [0.1, 0.15) is 13.3 Å². The molecule has 0 bridgehead atoms. The number of aliphatic carboxylic acids is 1. The SMILES string of the molecule is CCC(C(=O)O)N(C)C(=O)Nc1cccc(OC)c1. The number of ether oxygens (including phenoxy) is 1. The summed E-state index contributed by atoms with van der Waals surface area (Å²) in [6.07, 6.45) is 0.345. The van der Waals surface area contributed by atoms with Gasteiger partial charge in [0.2, 0.25) is 0 Å². The number of carbonyl (C=O) groups excluding carboxylic acids is 1. The second kappa shape index (κ2) is 6.63. The van der Waals surface area contributed by atoms with Gasteiger partial charge in [0.05, 0.1) is 7.11 Å². The van der Waals surface area contributed by atoms with E-state index in [4.69, 9.17) is 9.84 Å². The minimum absolute atomic E-state index is 0.345. The van der Waals surface area contributed by atoms with Gasteiger partial charge in [-0.15, -0.1) is 0 Å². The van der Waals surface area contributed by atoms with Crippen molar-refractivity contribution in [2.45, 2.75) is 19.4 Å². The van der Waals surface area contributed by atoms with E-state index in [0.717, 1.165) is 0 Å². The van der Waals surface area contributed by atoms with Crippen molar-refractivity contribution in [1.29, 1.82) is 0 Å². The predicted molar refractivity (Wildman–Crippen MR) is 71.5 cm³/mol. The number of hydrogen-bond acceptors (Lipinski definition) is 3. The number of nitrogens with zero attached hydrogens (tertiary/aromatic N) is 1. The predicted octanol–water partition coefficient (Wildman–Crippen LogP) is 2.02. The first-order valence-corrected chi connectivity index (χ1v) is 5.90. The zero-order valence-corrected chi connectivity index (χ0v) is 11.2. The summed E-state index contributed by atoms with van der Waals surface area (Å²) >= 11 is 0. The lowest BCUT2D eigenvalue weighted by Crippen LogP contribution is -2.44. The van der Waals surface area contributed by atoms with Crippen molar-refractivity contribution in [3.63, 3.8) is 0 Å². The molecule has 0 aliphatic rings. The van der Waals surface area contributed by atoms with E-state index in [2.05, 4.69) is 5.32 Å². The lowest BCUT2D eigenvalue weighted by Gasteiger charge is -2.24. The van der Waals surface area contributed by atoms with Crippen molar-refractivity contribution in [2.75, 3.05) is 19.5 Å². The fourth-order valence-corrected chi connectivity index (χ4v) is 1.67. The molecule has 1 rings (SSSR count). The summed E-state index contributed by atoms with van der Waals surface area (Å²) in [5.74, 6) is -0.406. The fourth-order valence-electron chi connectivity index (χ4n) is 1.67. The molecule has 0 aliphatic carbocycles. The molecular weight excluding hydrogens is 248 g/mol. The Kier molecular flexibility index (Phi) is 5.17. The maximum atomic E-state index is 11.9. The largest absolute Gasteiger partial charge is 0.497 e. The standard InChI is InChI=1S/C13H18N2O4/c1-4-11(12(16)17)15(2)13(18)14-9-6-5-7-10(8-9)19-3/h5-8,11H,4H2,1-3H3,(H,14,18)(H,16,17). The first kappa shape index (κ1) is 14.8. The monoisotopic (exact) mass is 266 g/mol. The molecule has 1 unspecified atom stereocenters. The number of anilines is 1. The van der Waals surface area contributed by atoms with Crippen LogP contribution in [-0.4, -0.2) is 42.2 Å². The van der Waals surface area contributed by atoms with E-state index in [1.807, 2.05) is 0 Å². The number of carboxylic acid groups (broad SMARTS) is 1. The van der Waals surface area contributed by atoms with Gasteiger partial charge in [-0.1, -0.05) is 13.0 Å². The number of urea groups is 1. The molecule has 2 amide bonds. The highest BCUT2D eigenvalue weighted by Gasteiger charge is 2.24. The van der Waals surface area contributed by atoms with Gasteiger partial charge in [-0.05, 0) is 18.6 Å². The van der Waals surface area contributed by atoms with Crippen molar-refractivity contribution < 1.29 is 19.4 Å². The van der Waals surface area contributed by atoms with Gasteiger partial charge >= 0.3 is 12.0 Å². The topological polar surface area (TPSA) is 78.9 Å². The normalized spacial score (nSPS) is 11.5. The average Bonchev–Trinajstić information content (AvgIpc) is 2.39. The Morgan fingerprint density at radius 3 is 2.68 bits per heavy atom. The van der Waals surface area contributed by atoms with E-state index in [-0.39, 0.29) is 0 Å². The zero-order valence-electron chi connectivity index (χ0n) is 11.2. The Morgan fingerprint density at radius 1 is 1.47 bits per heavy atom. The lowest BCUT2D eigenvalue weighted by atomic mass is 10.2. The molecule has 0 aliphatic heterocycles. The van der Waals surface area contributed by atoms with Crippen LogP contribution in [0.15, 0.2) is 24.3 Å². The Balaban J connectivity index is 2.75. The Morgan fingerprint density at radius 2 is 2.16 bits per heavy atom. The fraction of sp³-hybridized carbons (Fsp3) is 0.385. The second-order valence-corrected chi connectivity index (χ2v) is 4.04. The molecule has 0 heterocycles. The van der Waals surface area contributed by atoms with E-state index < -0.39 is 18.0 Å². The van der Waals surface area contributed by atoms with Gasteiger partial charge in [-0.2, -0.15) is 0 Å². The van der Waals surface area contributed by atoms with E-state index >= 15 is 0 Å². The second-order valence-electron chi connectivity index (χ2n) is 4.04. The molecule has 0 fully saturated rings. The number of hydrogen-bond donors (Lipinski definition) is 2. The Bertz CT molecular complexity index is 462. The third kappa shape index (κ3) is 3.87. The van der Waals surface area contributed by atoms with Crippen molar-refractivity contribution in [1.82, 2.24) is 4.90 Å². The highest BCUT2D eigenvalue weighted by Crippen LogP contribution is 2.17. The molecule has 6 nitrogen and oxygen atoms in total. The van der Waals surface area contributed by atoms with Crippen LogP contribution in [0.3, 0.4) is 0 Å². The van der Waals surface area contributed by atoms with Gasteiger partial charge in [-0.3, -0.25) is 0 Å². The minimum atomic E-state index is -1.02. The first-order chi connectivity index (χ1) is 8.99. The molecule has 0 spiro atoms. The summed E-state index contributed by atoms with van der Waals surface area (Å²) in [6.45, 7) is 1.72. The van der Waals surface area contributed by atoms with Gasteiger partial charge < -0.3 is 20.1 Å². The third-order valence-electron chi connectivity index (χ3n) is 2.78. The quantitative estimate of drug-likeness (QED) is 0.854. The van der Waals surface area contributed by atoms with E-state index in [0.29, 0.717) is 17.9 Å². The van der Waals surface area contributed by atoms with Crippen LogP contribution < -0.4 is 10.1 Å². The number of nitrogens with one attached hydrogen (secondary N) is 1. The molecule has 0 radical (unpaired) electrons.